The third-order valence-electron chi connectivity index (χ3n) is 4.51. The number of nitrogens with zero attached hydrogens (tertiary/aromatic N) is 1. The molecule has 2 unspecified atom stereocenters. The maximum absolute atomic E-state index is 12.4. The Bertz CT molecular complexity index is 458. The van der Waals surface area contributed by atoms with Crippen LogP contribution in [0.2, 0.25) is 0 Å². The summed E-state index contributed by atoms with van der Waals surface area (Å²) in [6.07, 6.45) is 5.39. The number of aryl methyl sites for hydroxylation is 1. The maximum atomic E-state index is 12.4. The Morgan fingerprint density at radius 1 is 1.37 bits per heavy atom. The summed E-state index contributed by atoms with van der Waals surface area (Å²) in [5.41, 5.74) is 0. The van der Waals surface area contributed by atoms with Gasteiger partial charge in [-0.15, -0.1) is 11.3 Å². The first kappa shape index (κ1) is 13.1. The fourth-order valence-electron chi connectivity index (χ4n) is 3.40. The van der Waals surface area contributed by atoms with Gasteiger partial charge in [0.25, 0.3) is 0 Å². The molecule has 0 spiro atoms. The number of carbonyl (C=O) groups excluding carboxylic acids is 1. The number of thiophene rings is 1. The van der Waals surface area contributed by atoms with Gasteiger partial charge in [0.15, 0.2) is 0 Å². The van der Waals surface area contributed by atoms with Gasteiger partial charge in [0.2, 0.25) is 5.91 Å². The van der Waals surface area contributed by atoms with Crippen LogP contribution in [0.1, 0.15) is 35.4 Å². The topological polar surface area (TPSA) is 32.3 Å². The Morgan fingerprint density at radius 3 is 2.63 bits per heavy atom. The Hall–Kier alpha value is -0.870. The number of carbonyl (C=O) groups is 1. The van der Waals surface area contributed by atoms with Gasteiger partial charge in [-0.25, -0.2) is 0 Å². The van der Waals surface area contributed by atoms with Crippen LogP contribution in [-0.4, -0.2) is 36.0 Å². The number of likely N-dealkylation sites (N-methyl/N-ethyl adjacent to an activating group) is 1. The van der Waals surface area contributed by atoms with Gasteiger partial charge in [-0.2, -0.15) is 0 Å². The summed E-state index contributed by atoms with van der Waals surface area (Å²) in [7, 11) is 1.98. The lowest BCUT2D eigenvalue weighted by molar-refractivity contribution is -0.131. The summed E-state index contributed by atoms with van der Waals surface area (Å²) in [4.78, 5) is 16.8. The van der Waals surface area contributed by atoms with Crippen LogP contribution >= 0.6 is 11.3 Å². The summed E-state index contributed by atoms with van der Waals surface area (Å²) < 4.78 is 0. The second kappa shape index (κ2) is 5.25. The van der Waals surface area contributed by atoms with E-state index < -0.39 is 0 Å². The molecule has 1 N–H and O–H groups in total. The highest BCUT2D eigenvalue weighted by Crippen LogP contribution is 2.29. The van der Waals surface area contributed by atoms with Crippen molar-refractivity contribution in [2.75, 3.05) is 7.05 Å². The van der Waals surface area contributed by atoms with Crippen LogP contribution in [-0.2, 0) is 11.2 Å². The van der Waals surface area contributed by atoms with Gasteiger partial charge < -0.3 is 10.2 Å². The van der Waals surface area contributed by atoms with E-state index in [0.29, 0.717) is 24.5 Å². The molecule has 104 valence electrons. The van der Waals surface area contributed by atoms with Crippen LogP contribution in [0.3, 0.4) is 0 Å². The van der Waals surface area contributed by atoms with E-state index in [4.69, 9.17) is 0 Å². The highest BCUT2D eigenvalue weighted by molar-refractivity contribution is 7.12. The van der Waals surface area contributed by atoms with E-state index in [9.17, 15) is 4.79 Å². The van der Waals surface area contributed by atoms with E-state index in [0.717, 1.165) is 12.8 Å². The molecule has 3 heterocycles. The lowest BCUT2D eigenvalue weighted by atomic mass is 9.98. The Labute approximate surface area is 119 Å². The molecule has 1 aromatic rings. The number of hydrogen-bond donors (Lipinski definition) is 1. The molecule has 4 heteroatoms. The largest absolute Gasteiger partial charge is 0.342 e. The first-order valence-corrected chi connectivity index (χ1v) is 8.00. The second-order valence-corrected chi connectivity index (χ2v) is 7.33. The van der Waals surface area contributed by atoms with Crippen molar-refractivity contribution in [2.24, 2.45) is 0 Å². The molecular weight excluding hydrogens is 256 g/mol. The molecule has 0 radical (unpaired) electrons. The van der Waals surface area contributed by atoms with Crippen LogP contribution in [0.15, 0.2) is 12.1 Å². The SMILES string of the molecule is Cc1ccc(CC(=O)N(C)C2CC3CCC(C2)N3)s1. The molecule has 2 saturated heterocycles. The van der Waals surface area contributed by atoms with Crippen LogP contribution in [0, 0.1) is 6.92 Å². The Kier molecular flexibility index (Phi) is 3.63. The molecule has 2 atom stereocenters. The number of fused-ring (bicyclic) bond motifs is 2. The summed E-state index contributed by atoms with van der Waals surface area (Å²) >= 11 is 1.73. The van der Waals surface area contributed by atoms with Gasteiger partial charge in [-0.05, 0) is 44.7 Å². The predicted octanol–water partition coefficient (Wildman–Crippen LogP) is 2.34. The zero-order chi connectivity index (χ0) is 13.4. The second-order valence-electron chi connectivity index (χ2n) is 5.96. The number of rotatable bonds is 3. The van der Waals surface area contributed by atoms with Crippen molar-refractivity contribution in [3.8, 4) is 0 Å². The van der Waals surface area contributed by atoms with E-state index in [-0.39, 0.29) is 5.91 Å². The molecule has 0 aromatic carbocycles. The molecule has 1 amide bonds. The zero-order valence-electron chi connectivity index (χ0n) is 11.7. The van der Waals surface area contributed by atoms with Crippen molar-refractivity contribution in [1.82, 2.24) is 10.2 Å². The summed E-state index contributed by atoms with van der Waals surface area (Å²) in [5.74, 6) is 0.271. The smallest absolute Gasteiger partial charge is 0.227 e. The fourth-order valence-corrected chi connectivity index (χ4v) is 4.28. The van der Waals surface area contributed by atoms with E-state index in [2.05, 4.69) is 24.4 Å². The zero-order valence-corrected chi connectivity index (χ0v) is 12.5. The van der Waals surface area contributed by atoms with E-state index in [1.807, 2.05) is 11.9 Å². The van der Waals surface area contributed by atoms with E-state index >= 15 is 0 Å². The van der Waals surface area contributed by atoms with Crippen LogP contribution in [0.4, 0.5) is 0 Å². The fraction of sp³-hybridized carbons (Fsp3) is 0.667. The lowest BCUT2D eigenvalue weighted by Crippen LogP contribution is -2.49. The molecule has 2 bridgehead atoms. The minimum Gasteiger partial charge on any atom is -0.342 e. The van der Waals surface area contributed by atoms with Crippen molar-refractivity contribution in [3.63, 3.8) is 0 Å². The maximum Gasteiger partial charge on any atom is 0.227 e. The third kappa shape index (κ3) is 2.84. The molecule has 2 aliphatic rings. The molecule has 19 heavy (non-hydrogen) atoms. The van der Waals surface area contributed by atoms with Crippen LogP contribution in [0.25, 0.3) is 0 Å². The third-order valence-corrected chi connectivity index (χ3v) is 5.51. The highest BCUT2D eigenvalue weighted by atomic mass is 32.1. The summed E-state index contributed by atoms with van der Waals surface area (Å²) in [6.45, 7) is 2.09. The Morgan fingerprint density at radius 2 is 2.05 bits per heavy atom. The number of amides is 1. The molecule has 2 aliphatic heterocycles. The molecule has 0 aliphatic carbocycles. The van der Waals surface area contributed by atoms with Gasteiger partial charge in [0.1, 0.15) is 0 Å². The van der Waals surface area contributed by atoms with Gasteiger partial charge in [0.05, 0.1) is 6.42 Å². The van der Waals surface area contributed by atoms with Crippen molar-refractivity contribution in [3.05, 3.63) is 21.9 Å². The average Bonchev–Trinajstić information content (AvgIpc) is 2.94. The molecule has 0 saturated carbocycles. The lowest BCUT2D eigenvalue weighted by Gasteiger charge is -2.35. The minimum absolute atomic E-state index is 0.271. The number of hydrogen-bond acceptors (Lipinski definition) is 3. The highest BCUT2D eigenvalue weighted by Gasteiger charge is 2.36. The first-order chi connectivity index (χ1) is 9.11. The number of nitrogens with one attached hydrogen (secondary N) is 1. The van der Waals surface area contributed by atoms with E-state index in [1.54, 1.807) is 11.3 Å². The number of piperidine rings is 1. The van der Waals surface area contributed by atoms with Crippen molar-refractivity contribution in [2.45, 2.75) is 57.2 Å². The molecule has 2 fully saturated rings. The quantitative estimate of drug-likeness (QED) is 0.920. The van der Waals surface area contributed by atoms with Gasteiger partial charge in [-0.3, -0.25) is 4.79 Å². The van der Waals surface area contributed by atoms with Gasteiger partial charge in [-0.1, -0.05) is 0 Å². The molecule has 1 aromatic heterocycles. The average molecular weight is 278 g/mol. The summed E-state index contributed by atoms with van der Waals surface area (Å²) in [5, 5.41) is 3.63. The van der Waals surface area contributed by atoms with Gasteiger partial charge >= 0.3 is 0 Å². The molecular formula is C15H22N2OS. The predicted molar refractivity (Wildman–Crippen MR) is 78.5 cm³/mol. The normalized spacial score (nSPS) is 29.5. The van der Waals surface area contributed by atoms with Crippen molar-refractivity contribution in [1.29, 1.82) is 0 Å². The Balaban J connectivity index is 1.60. The van der Waals surface area contributed by atoms with Gasteiger partial charge in [0, 0.05) is 34.9 Å². The minimum atomic E-state index is 0.271. The van der Waals surface area contributed by atoms with Crippen molar-refractivity contribution >= 4 is 17.2 Å². The summed E-state index contributed by atoms with van der Waals surface area (Å²) in [6, 6.07) is 5.90. The van der Waals surface area contributed by atoms with Crippen molar-refractivity contribution < 1.29 is 4.79 Å². The van der Waals surface area contributed by atoms with Crippen LogP contribution < -0.4 is 5.32 Å². The molecule has 3 nitrogen and oxygen atoms in total. The first-order valence-electron chi connectivity index (χ1n) is 7.19. The standard InChI is InChI=1S/C15H22N2OS/c1-10-3-6-14(19-10)9-15(18)17(2)13-7-11-4-5-12(8-13)16-11/h3,6,11-13,16H,4-5,7-9H2,1-2H3. The monoisotopic (exact) mass is 278 g/mol. The van der Waals surface area contributed by atoms with Crippen LogP contribution in [0.5, 0.6) is 0 Å². The molecule has 3 rings (SSSR count). The van der Waals surface area contributed by atoms with E-state index in [1.165, 1.54) is 22.6 Å².